The van der Waals surface area contributed by atoms with Gasteiger partial charge >= 0.3 is 0 Å². The van der Waals surface area contributed by atoms with Crippen LogP contribution in [-0.2, 0) is 6.54 Å². The second-order valence-corrected chi connectivity index (χ2v) is 6.87. The highest BCUT2D eigenvalue weighted by Gasteiger charge is 2.18. The van der Waals surface area contributed by atoms with Gasteiger partial charge in [0.15, 0.2) is 16.3 Å². The van der Waals surface area contributed by atoms with Gasteiger partial charge in [0, 0.05) is 24.2 Å². The van der Waals surface area contributed by atoms with E-state index in [0.717, 1.165) is 34.7 Å². The van der Waals surface area contributed by atoms with Crippen molar-refractivity contribution in [2.45, 2.75) is 19.9 Å². The molecular formula is C19H18N2O4S. The summed E-state index contributed by atoms with van der Waals surface area (Å²) in [6.07, 6.45) is 0.931. The van der Waals surface area contributed by atoms with E-state index < -0.39 is 0 Å². The molecule has 0 bridgehead atoms. The number of hydrogen-bond acceptors (Lipinski definition) is 5. The van der Waals surface area contributed by atoms with E-state index in [2.05, 4.69) is 16.5 Å². The first-order chi connectivity index (χ1) is 12.7. The Morgan fingerprint density at radius 2 is 2.08 bits per heavy atom. The lowest BCUT2D eigenvalue weighted by atomic mass is 10.2. The first kappa shape index (κ1) is 16.7. The van der Waals surface area contributed by atoms with Crippen molar-refractivity contribution in [3.05, 3.63) is 46.8 Å². The number of amides is 1. The van der Waals surface area contributed by atoms with Gasteiger partial charge in [-0.2, -0.15) is 4.99 Å². The molecule has 0 fully saturated rings. The van der Waals surface area contributed by atoms with E-state index in [0.29, 0.717) is 16.1 Å². The zero-order chi connectivity index (χ0) is 18.1. The van der Waals surface area contributed by atoms with Gasteiger partial charge in [-0.1, -0.05) is 24.3 Å². The summed E-state index contributed by atoms with van der Waals surface area (Å²) in [7, 11) is 1.57. The average molecular weight is 370 g/mol. The quantitative estimate of drug-likeness (QED) is 0.704. The summed E-state index contributed by atoms with van der Waals surface area (Å²) in [5.74, 6) is 1.80. The number of fused-ring (bicyclic) bond motifs is 2. The lowest BCUT2D eigenvalue weighted by Gasteiger charge is -2.04. The molecular weight excluding hydrogens is 352 g/mol. The summed E-state index contributed by atoms with van der Waals surface area (Å²) >= 11 is 1.47. The van der Waals surface area contributed by atoms with Crippen molar-refractivity contribution in [3.63, 3.8) is 0 Å². The van der Waals surface area contributed by atoms with Crippen molar-refractivity contribution < 1.29 is 19.0 Å². The van der Waals surface area contributed by atoms with Crippen molar-refractivity contribution in [1.82, 2.24) is 4.57 Å². The van der Waals surface area contributed by atoms with Crippen LogP contribution >= 0.6 is 11.3 Å². The molecule has 0 saturated heterocycles. The van der Waals surface area contributed by atoms with Crippen molar-refractivity contribution in [2.75, 3.05) is 13.9 Å². The molecule has 1 amide bonds. The van der Waals surface area contributed by atoms with Gasteiger partial charge in [0.2, 0.25) is 6.79 Å². The molecule has 0 N–H and O–H groups in total. The summed E-state index contributed by atoms with van der Waals surface area (Å²) in [6, 6.07) is 10.9. The van der Waals surface area contributed by atoms with E-state index in [-0.39, 0.29) is 12.7 Å². The predicted molar refractivity (Wildman–Crippen MR) is 99.1 cm³/mol. The first-order valence-electron chi connectivity index (χ1n) is 8.35. The van der Waals surface area contributed by atoms with Gasteiger partial charge in [0.25, 0.3) is 5.91 Å². The Morgan fingerprint density at radius 3 is 2.85 bits per heavy atom. The first-order valence-corrected chi connectivity index (χ1v) is 9.17. The highest BCUT2D eigenvalue weighted by molar-refractivity contribution is 7.16. The Balaban J connectivity index is 1.83. The molecule has 0 unspecified atom stereocenters. The maximum Gasteiger partial charge on any atom is 0.279 e. The zero-order valence-electron chi connectivity index (χ0n) is 14.5. The van der Waals surface area contributed by atoms with Crippen LogP contribution < -0.4 is 19.0 Å². The average Bonchev–Trinajstić information content (AvgIpc) is 3.24. The molecule has 1 aliphatic rings. The van der Waals surface area contributed by atoms with E-state index >= 15 is 0 Å². The molecule has 26 heavy (non-hydrogen) atoms. The van der Waals surface area contributed by atoms with Crippen molar-refractivity contribution in [1.29, 1.82) is 0 Å². The monoisotopic (exact) mass is 370 g/mol. The van der Waals surface area contributed by atoms with E-state index in [9.17, 15) is 4.79 Å². The molecule has 0 aliphatic carbocycles. The van der Waals surface area contributed by atoms with Gasteiger partial charge in [-0.3, -0.25) is 4.79 Å². The van der Waals surface area contributed by atoms with Gasteiger partial charge in [-0.15, -0.1) is 0 Å². The molecule has 7 heteroatoms. The Hall–Kier alpha value is -2.80. The maximum absolute atomic E-state index is 12.6. The van der Waals surface area contributed by atoms with Gasteiger partial charge < -0.3 is 18.8 Å². The minimum atomic E-state index is -0.291. The molecule has 0 spiro atoms. The minimum absolute atomic E-state index is 0.242. The zero-order valence-corrected chi connectivity index (χ0v) is 15.3. The van der Waals surface area contributed by atoms with Gasteiger partial charge in [0.1, 0.15) is 5.75 Å². The molecule has 1 aromatic heterocycles. The molecule has 3 aromatic rings. The number of aryl methyl sites for hydroxylation is 1. The number of aromatic nitrogens is 1. The third kappa shape index (κ3) is 2.94. The molecule has 0 atom stereocenters. The number of nitrogens with zero attached hydrogens (tertiary/aromatic N) is 2. The van der Waals surface area contributed by atoms with Crippen molar-refractivity contribution in [2.24, 2.45) is 4.99 Å². The van der Waals surface area contributed by atoms with Crippen LogP contribution in [0.25, 0.3) is 10.2 Å². The molecule has 2 heterocycles. The molecule has 0 radical (unpaired) electrons. The lowest BCUT2D eigenvalue weighted by molar-refractivity contribution is 0.0997. The number of rotatable bonds is 4. The number of ether oxygens (including phenoxy) is 3. The number of methoxy groups -OCH3 is 1. The van der Waals surface area contributed by atoms with Crippen LogP contribution in [0.2, 0.25) is 0 Å². The van der Waals surface area contributed by atoms with Crippen LogP contribution in [-0.4, -0.2) is 24.4 Å². The normalized spacial score (nSPS) is 13.4. The molecule has 2 aromatic carbocycles. The summed E-state index contributed by atoms with van der Waals surface area (Å²) in [5, 5.41) is 0. The summed E-state index contributed by atoms with van der Waals surface area (Å²) in [4.78, 5) is 17.7. The molecule has 6 nitrogen and oxygen atoms in total. The SMILES string of the molecule is CCCn1c(=NC(=O)c2cccc(OC)c2)sc2cc3c(cc21)OCO3. The topological polar surface area (TPSA) is 62.1 Å². The molecule has 1 aliphatic heterocycles. The van der Waals surface area contributed by atoms with Crippen LogP contribution in [0.15, 0.2) is 41.4 Å². The second-order valence-electron chi connectivity index (χ2n) is 5.86. The van der Waals surface area contributed by atoms with Crippen LogP contribution in [0.4, 0.5) is 0 Å². The predicted octanol–water partition coefficient (Wildman–Crippen LogP) is 3.59. The third-order valence-electron chi connectivity index (χ3n) is 4.14. The van der Waals surface area contributed by atoms with Gasteiger partial charge in [0.05, 0.1) is 17.3 Å². The minimum Gasteiger partial charge on any atom is -0.497 e. The van der Waals surface area contributed by atoms with Crippen molar-refractivity contribution >= 4 is 27.5 Å². The number of hydrogen-bond donors (Lipinski definition) is 0. The standard InChI is InChI=1S/C19H18N2O4S/c1-3-7-21-14-9-15-16(25-11-24-15)10-17(14)26-19(21)20-18(22)12-5-4-6-13(8-12)23-2/h4-6,8-10H,3,7,11H2,1-2H3. The van der Waals surface area contributed by atoms with Crippen LogP contribution in [0.5, 0.6) is 17.2 Å². The van der Waals surface area contributed by atoms with E-state index in [1.54, 1.807) is 31.4 Å². The summed E-state index contributed by atoms with van der Waals surface area (Å²) in [5.41, 5.74) is 1.50. The summed E-state index contributed by atoms with van der Waals surface area (Å²) < 4.78 is 19.2. The fraction of sp³-hybridized carbons (Fsp3) is 0.263. The van der Waals surface area contributed by atoms with E-state index in [1.807, 2.05) is 12.1 Å². The van der Waals surface area contributed by atoms with Crippen LogP contribution in [0.1, 0.15) is 23.7 Å². The maximum atomic E-state index is 12.6. The fourth-order valence-corrected chi connectivity index (χ4v) is 3.96. The van der Waals surface area contributed by atoms with Crippen LogP contribution in [0, 0.1) is 0 Å². The molecule has 0 saturated carbocycles. The Kier molecular flexibility index (Phi) is 4.38. The Bertz CT molecular complexity index is 1050. The highest BCUT2D eigenvalue weighted by atomic mass is 32.1. The smallest absolute Gasteiger partial charge is 0.279 e. The highest BCUT2D eigenvalue weighted by Crippen LogP contribution is 2.37. The summed E-state index contributed by atoms with van der Waals surface area (Å²) in [6.45, 7) is 3.10. The second kappa shape index (κ2) is 6.84. The van der Waals surface area contributed by atoms with E-state index in [4.69, 9.17) is 14.2 Å². The lowest BCUT2D eigenvalue weighted by Crippen LogP contribution is -2.16. The fourth-order valence-electron chi connectivity index (χ4n) is 2.89. The Labute approximate surface area is 154 Å². The number of benzene rings is 2. The molecule has 134 valence electrons. The van der Waals surface area contributed by atoms with Gasteiger partial charge in [-0.25, -0.2) is 0 Å². The van der Waals surface area contributed by atoms with E-state index in [1.165, 1.54) is 11.3 Å². The number of carbonyl (C=O) groups is 1. The number of thiazole rings is 1. The van der Waals surface area contributed by atoms with Crippen molar-refractivity contribution in [3.8, 4) is 17.2 Å². The largest absolute Gasteiger partial charge is 0.497 e. The third-order valence-corrected chi connectivity index (χ3v) is 5.18. The van der Waals surface area contributed by atoms with Gasteiger partial charge in [-0.05, 0) is 24.6 Å². The molecule has 4 rings (SSSR count). The number of carbonyl (C=O) groups excluding carboxylic acids is 1. The Morgan fingerprint density at radius 1 is 1.27 bits per heavy atom. The van der Waals surface area contributed by atoms with Crippen LogP contribution in [0.3, 0.4) is 0 Å².